The number of aliphatic hydroxyl groups is 3. The molecule has 0 saturated carbocycles. The van der Waals surface area contributed by atoms with Gasteiger partial charge in [-0.25, -0.2) is 4.79 Å². The molecule has 5 heteroatoms. The summed E-state index contributed by atoms with van der Waals surface area (Å²) in [5, 5.41) is 34.4. The molecule has 0 bridgehead atoms. The normalized spacial score (nSPS) is 12.2. The monoisotopic (exact) mass is 176 g/mol. The predicted octanol–water partition coefficient (Wildman–Crippen LogP) is -1.41. The van der Waals surface area contributed by atoms with Gasteiger partial charge < -0.3 is 20.4 Å². The Bertz CT molecular complexity index is 162. The zero-order chi connectivity index (χ0) is 9.61. The maximum absolute atomic E-state index is 10.1. The first-order chi connectivity index (χ1) is 5.60. The Morgan fingerprint density at radius 1 is 1.17 bits per heavy atom. The number of carbonyl (C=O) groups is 1. The molecule has 0 aromatic heterocycles. The van der Waals surface area contributed by atoms with E-state index in [1.54, 1.807) is 0 Å². The zero-order valence-corrected chi connectivity index (χ0v) is 6.47. The second-order valence-electron chi connectivity index (χ2n) is 2.51. The summed E-state index contributed by atoms with van der Waals surface area (Å²) in [6.45, 7) is -1.49. The summed E-state index contributed by atoms with van der Waals surface area (Å²) < 4.78 is 0. The molecule has 0 radical (unpaired) electrons. The third-order valence-electron chi connectivity index (χ3n) is 1.52. The van der Waals surface area contributed by atoms with Crippen molar-refractivity contribution in [2.75, 3.05) is 19.8 Å². The number of aliphatic hydroxyl groups excluding tert-OH is 3. The van der Waals surface area contributed by atoms with Crippen molar-refractivity contribution in [3.63, 3.8) is 0 Å². The van der Waals surface area contributed by atoms with E-state index in [2.05, 4.69) is 0 Å². The molecule has 0 aliphatic rings. The van der Waals surface area contributed by atoms with E-state index in [-0.39, 0.29) is 0 Å². The molecule has 0 amide bonds. The van der Waals surface area contributed by atoms with Gasteiger partial charge in [0.1, 0.15) is 0 Å². The van der Waals surface area contributed by atoms with Crippen LogP contribution in [0, 0.1) is 5.41 Å². The van der Waals surface area contributed by atoms with Crippen molar-refractivity contribution < 1.29 is 25.2 Å². The van der Waals surface area contributed by atoms with Crippen molar-refractivity contribution in [3.8, 4) is 0 Å². The van der Waals surface area contributed by atoms with E-state index in [0.29, 0.717) is 0 Å². The van der Waals surface area contributed by atoms with Crippen LogP contribution >= 0.6 is 0 Å². The number of carboxylic acids is 1. The molecular weight excluding hydrogens is 164 g/mol. The Hall–Kier alpha value is -0.910. The summed E-state index contributed by atoms with van der Waals surface area (Å²) in [6, 6.07) is 0. The van der Waals surface area contributed by atoms with E-state index >= 15 is 0 Å². The van der Waals surface area contributed by atoms with E-state index in [9.17, 15) is 4.79 Å². The SMILES string of the molecule is O=C(O)C=CC(CO)(CO)CO. The van der Waals surface area contributed by atoms with Crippen molar-refractivity contribution in [2.24, 2.45) is 5.41 Å². The molecule has 0 fully saturated rings. The summed E-state index contributed by atoms with van der Waals surface area (Å²) in [5.41, 5.74) is -1.24. The Balaban J connectivity index is 4.39. The van der Waals surface area contributed by atoms with E-state index in [4.69, 9.17) is 20.4 Å². The molecule has 0 spiro atoms. The van der Waals surface area contributed by atoms with Gasteiger partial charge in [0.2, 0.25) is 0 Å². The number of hydrogen-bond acceptors (Lipinski definition) is 4. The highest BCUT2D eigenvalue weighted by Crippen LogP contribution is 2.15. The molecule has 70 valence electrons. The number of rotatable bonds is 5. The minimum absolute atomic E-state index is 0.496. The fraction of sp³-hybridized carbons (Fsp3) is 0.571. The van der Waals surface area contributed by atoms with Crippen molar-refractivity contribution in [1.29, 1.82) is 0 Å². The lowest BCUT2D eigenvalue weighted by molar-refractivity contribution is -0.131. The van der Waals surface area contributed by atoms with Gasteiger partial charge in [-0.15, -0.1) is 0 Å². The Kier molecular flexibility index (Phi) is 4.50. The van der Waals surface area contributed by atoms with Gasteiger partial charge in [0.25, 0.3) is 0 Å². The topological polar surface area (TPSA) is 98.0 Å². The van der Waals surface area contributed by atoms with Gasteiger partial charge in [-0.3, -0.25) is 0 Å². The highest BCUT2D eigenvalue weighted by molar-refractivity contribution is 5.79. The summed E-state index contributed by atoms with van der Waals surface area (Å²) in [4.78, 5) is 10.1. The van der Waals surface area contributed by atoms with Gasteiger partial charge in [-0.2, -0.15) is 0 Å². The average molecular weight is 176 g/mol. The second kappa shape index (κ2) is 4.87. The van der Waals surface area contributed by atoms with Crippen molar-refractivity contribution in [3.05, 3.63) is 12.2 Å². The van der Waals surface area contributed by atoms with Gasteiger partial charge in [-0.1, -0.05) is 6.08 Å². The largest absolute Gasteiger partial charge is 0.478 e. The molecular formula is C7H12O5. The van der Waals surface area contributed by atoms with Crippen LogP contribution in [0.4, 0.5) is 0 Å². The molecule has 0 aliphatic carbocycles. The zero-order valence-electron chi connectivity index (χ0n) is 6.47. The van der Waals surface area contributed by atoms with Crippen LogP contribution in [-0.4, -0.2) is 46.2 Å². The molecule has 4 N–H and O–H groups in total. The first-order valence-corrected chi connectivity index (χ1v) is 3.35. The maximum Gasteiger partial charge on any atom is 0.328 e. The molecule has 12 heavy (non-hydrogen) atoms. The second-order valence-corrected chi connectivity index (χ2v) is 2.51. The molecule has 0 aromatic carbocycles. The highest BCUT2D eigenvalue weighted by Gasteiger charge is 2.24. The lowest BCUT2D eigenvalue weighted by Gasteiger charge is -2.22. The van der Waals surface area contributed by atoms with Crippen LogP contribution in [0.2, 0.25) is 0 Å². The summed E-state index contributed by atoms with van der Waals surface area (Å²) >= 11 is 0. The van der Waals surface area contributed by atoms with Gasteiger partial charge in [0.05, 0.1) is 25.2 Å². The summed E-state index contributed by atoms with van der Waals surface area (Å²) in [5.74, 6) is -1.19. The quantitative estimate of drug-likeness (QED) is 0.386. The van der Waals surface area contributed by atoms with Crippen molar-refractivity contribution in [1.82, 2.24) is 0 Å². The standard InChI is InChI=1S/C7H12O5/c8-3-7(4-9,5-10)2-1-6(11)12/h1-2,8-10H,3-5H2,(H,11,12). The van der Waals surface area contributed by atoms with Crippen LogP contribution in [0.3, 0.4) is 0 Å². The van der Waals surface area contributed by atoms with Gasteiger partial charge in [-0.05, 0) is 0 Å². The van der Waals surface area contributed by atoms with Gasteiger partial charge in [0, 0.05) is 6.08 Å². The third-order valence-corrected chi connectivity index (χ3v) is 1.52. The van der Waals surface area contributed by atoms with Crippen molar-refractivity contribution in [2.45, 2.75) is 0 Å². The van der Waals surface area contributed by atoms with Crippen molar-refractivity contribution >= 4 is 5.97 Å². The number of hydrogen-bond donors (Lipinski definition) is 4. The van der Waals surface area contributed by atoms with E-state index in [0.717, 1.165) is 12.2 Å². The van der Waals surface area contributed by atoms with Crippen LogP contribution in [0.1, 0.15) is 0 Å². The summed E-state index contributed by atoms with van der Waals surface area (Å²) in [7, 11) is 0. The van der Waals surface area contributed by atoms with Gasteiger partial charge >= 0.3 is 5.97 Å². The van der Waals surface area contributed by atoms with Crippen LogP contribution in [0.15, 0.2) is 12.2 Å². The fourth-order valence-electron chi connectivity index (χ4n) is 0.556. The lowest BCUT2D eigenvalue weighted by Crippen LogP contribution is -2.31. The fourth-order valence-corrected chi connectivity index (χ4v) is 0.556. The van der Waals surface area contributed by atoms with Crippen LogP contribution in [-0.2, 0) is 4.79 Å². The first-order valence-electron chi connectivity index (χ1n) is 3.35. The maximum atomic E-state index is 10.1. The number of aliphatic carboxylic acids is 1. The predicted molar refractivity (Wildman–Crippen MR) is 40.5 cm³/mol. The minimum atomic E-state index is -1.24. The Morgan fingerprint density at radius 3 is 1.83 bits per heavy atom. The molecule has 0 aliphatic heterocycles. The molecule has 0 unspecified atom stereocenters. The Labute approximate surface area is 69.6 Å². The minimum Gasteiger partial charge on any atom is -0.478 e. The smallest absolute Gasteiger partial charge is 0.328 e. The van der Waals surface area contributed by atoms with E-state index in [1.807, 2.05) is 0 Å². The molecule has 0 saturated heterocycles. The molecule has 5 nitrogen and oxygen atoms in total. The average Bonchev–Trinajstić information content (AvgIpc) is 2.08. The molecule has 0 heterocycles. The van der Waals surface area contributed by atoms with E-state index < -0.39 is 31.2 Å². The molecule has 0 rings (SSSR count). The van der Waals surface area contributed by atoms with Crippen LogP contribution in [0.25, 0.3) is 0 Å². The van der Waals surface area contributed by atoms with Crippen LogP contribution < -0.4 is 0 Å². The first kappa shape index (κ1) is 11.1. The summed E-state index contributed by atoms with van der Waals surface area (Å²) in [6.07, 6.45) is 1.86. The molecule has 0 atom stereocenters. The Morgan fingerprint density at radius 2 is 1.58 bits per heavy atom. The van der Waals surface area contributed by atoms with Gasteiger partial charge in [0.15, 0.2) is 0 Å². The lowest BCUT2D eigenvalue weighted by atomic mass is 9.91. The van der Waals surface area contributed by atoms with Crippen LogP contribution in [0.5, 0.6) is 0 Å². The number of carboxylic acid groups (broad SMARTS) is 1. The van der Waals surface area contributed by atoms with E-state index in [1.165, 1.54) is 0 Å². The highest BCUT2D eigenvalue weighted by atomic mass is 16.4. The third kappa shape index (κ3) is 3.00. The molecule has 0 aromatic rings.